The standard InChI is InChI=1S/C24H29N5O4/c1-14(9-10-26-15(2)30)22(31)21(24-28-19-7-5-6-8-20(19)29-24)23(25)27-16-11-17(32-3)13-18(12-16)33-4/h5-8,11-14,21H,9-10H2,1-4H3,(H2,25,27)(H,26,30)(H,28,29). The van der Waals surface area contributed by atoms with Gasteiger partial charge in [-0.15, -0.1) is 0 Å². The maximum Gasteiger partial charge on any atom is 0.216 e. The third kappa shape index (κ3) is 5.88. The molecule has 174 valence electrons. The molecule has 33 heavy (non-hydrogen) atoms. The molecule has 1 heterocycles. The number of methoxy groups -OCH3 is 2. The molecule has 3 rings (SSSR count). The molecule has 0 radical (unpaired) electrons. The number of para-hydroxylation sites is 2. The molecular weight excluding hydrogens is 422 g/mol. The Morgan fingerprint density at radius 3 is 2.42 bits per heavy atom. The van der Waals surface area contributed by atoms with Gasteiger partial charge in [-0.25, -0.2) is 9.98 Å². The fourth-order valence-electron chi connectivity index (χ4n) is 3.49. The SMILES string of the molecule is COc1cc(N=C(N)C(C(=O)C(C)CCNC(C)=O)c2nc3ccccc3[nH]2)cc(OC)c1. The Kier molecular flexibility index (Phi) is 7.66. The number of aromatic amines is 1. The highest BCUT2D eigenvalue weighted by atomic mass is 16.5. The number of nitrogens with zero attached hydrogens (tertiary/aromatic N) is 2. The van der Waals surface area contributed by atoms with Crippen LogP contribution in [0.5, 0.6) is 11.5 Å². The lowest BCUT2D eigenvalue weighted by atomic mass is 9.90. The maximum absolute atomic E-state index is 13.5. The number of Topliss-reactive ketones (excluding diaryl/α,β-unsaturated/α-hetero) is 1. The van der Waals surface area contributed by atoms with E-state index in [0.717, 1.165) is 11.0 Å². The number of ketones is 1. The number of hydrogen-bond acceptors (Lipinski definition) is 6. The van der Waals surface area contributed by atoms with E-state index in [0.29, 0.717) is 36.0 Å². The molecule has 1 amide bonds. The molecule has 9 heteroatoms. The molecule has 0 saturated heterocycles. The van der Waals surface area contributed by atoms with Crippen LogP contribution in [0.15, 0.2) is 47.5 Å². The average molecular weight is 452 g/mol. The summed E-state index contributed by atoms with van der Waals surface area (Å²) in [6, 6.07) is 12.6. The predicted octanol–water partition coefficient (Wildman–Crippen LogP) is 3.08. The normalized spacial score (nSPS) is 13.4. The smallest absolute Gasteiger partial charge is 0.216 e. The van der Waals surface area contributed by atoms with Gasteiger partial charge in [0.15, 0.2) is 5.78 Å². The van der Waals surface area contributed by atoms with E-state index in [2.05, 4.69) is 20.3 Å². The van der Waals surface area contributed by atoms with Gasteiger partial charge in [-0.05, 0) is 18.6 Å². The van der Waals surface area contributed by atoms with E-state index in [-0.39, 0.29) is 23.4 Å². The number of aliphatic imine (C=N–C) groups is 1. The largest absolute Gasteiger partial charge is 0.497 e. The van der Waals surface area contributed by atoms with Crippen molar-refractivity contribution >= 4 is 34.2 Å². The zero-order valence-electron chi connectivity index (χ0n) is 19.2. The van der Waals surface area contributed by atoms with Crippen LogP contribution in [0.1, 0.15) is 32.0 Å². The molecule has 0 aliphatic carbocycles. The second-order valence-corrected chi connectivity index (χ2v) is 7.75. The summed E-state index contributed by atoms with van der Waals surface area (Å²) in [4.78, 5) is 37.0. The Bertz CT molecular complexity index is 1120. The van der Waals surface area contributed by atoms with Crippen LogP contribution < -0.4 is 20.5 Å². The molecule has 0 bridgehead atoms. The van der Waals surface area contributed by atoms with Crippen molar-refractivity contribution in [2.75, 3.05) is 20.8 Å². The molecule has 9 nitrogen and oxygen atoms in total. The molecule has 0 aliphatic heterocycles. The molecule has 2 aromatic carbocycles. The first-order chi connectivity index (χ1) is 15.8. The van der Waals surface area contributed by atoms with Gasteiger partial charge in [0.25, 0.3) is 0 Å². The quantitative estimate of drug-likeness (QED) is 0.321. The van der Waals surface area contributed by atoms with Crippen molar-refractivity contribution in [2.45, 2.75) is 26.2 Å². The number of ether oxygens (including phenoxy) is 2. The zero-order chi connectivity index (χ0) is 24.0. The van der Waals surface area contributed by atoms with Crippen LogP contribution in [0.3, 0.4) is 0 Å². The molecule has 4 N–H and O–H groups in total. The molecule has 2 unspecified atom stereocenters. The predicted molar refractivity (Wildman–Crippen MR) is 127 cm³/mol. The lowest BCUT2D eigenvalue weighted by Crippen LogP contribution is -2.34. The van der Waals surface area contributed by atoms with E-state index < -0.39 is 5.92 Å². The van der Waals surface area contributed by atoms with Gasteiger partial charge in [0.1, 0.15) is 29.1 Å². The highest BCUT2D eigenvalue weighted by molar-refractivity contribution is 6.09. The number of amidine groups is 1. The van der Waals surface area contributed by atoms with Crippen LogP contribution in [-0.2, 0) is 9.59 Å². The van der Waals surface area contributed by atoms with Crippen LogP contribution in [0, 0.1) is 5.92 Å². The Balaban J connectivity index is 1.99. The summed E-state index contributed by atoms with van der Waals surface area (Å²) in [6.07, 6.45) is 0.468. The van der Waals surface area contributed by atoms with Crippen LogP contribution in [0.25, 0.3) is 11.0 Å². The van der Waals surface area contributed by atoms with Crippen LogP contribution >= 0.6 is 0 Å². The summed E-state index contributed by atoms with van der Waals surface area (Å²) in [5, 5.41) is 2.72. The molecule has 0 aliphatic rings. The number of fused-ring (bicyclic) bond motifs is 1. The van der Waals surface area contributed by atoms with Crippen molar-refractivity contribution in [1.82, 2.24) is 15.3 Å². The first-order valence-corrected chi connectivity index (χ1v) is 10.6. The number of benzene rings is 2. The number of H-pyrrole nitrogens is 1. The fraction of sp³-hybridized carbons (Fsp3) is 0.333. The van der Waals surface area contributed by atoms with Crippen molar-refractivity contribution in [3.63, 3.8) is 0 Å². The second kappa shape index (κ2) is 10.6. The Morgan fingerprint density at radius 1 is 1.15 bits per heavy atom. The van der Waals surface area contributed by atoms with Crippen LogP contribution in [0.4, 0.5) is 5.69 Å². The highest BCUT2D eigenvalue weighted by Crippen LogP contribution is 2.30. The summed E-state index contributed by atoms with van der Waals surface area (Å²) >= 11 is 0. The molecule has 3 aromatic rings. The van der Waals surface area contributed by atoms with Gasteiger partial charge in [-0.3, -0.25) is 9.59 Å². The van der Waals surface area contributed by atoms with Gasteiger partial charge in [0.2, 0.25) is 5.91 Å². The maximum atomic E-state index is 13.5. The number of amides is 1. The van der Waals surface area contributed by atoms with Crippen LogP contribution in [-0.4, -0.2) is 48.3 Å². The number of nitrogens with two attached hydrogens (primary N) is 1. The number of imidazole rings is 1. The van der Waals surface area contributed by atoms with Gasteiger partial charge in [-0.1, -0.05) is 19.1 Å². The summed E-state index contributed by atoms with van der Waals surface area (Å²) < 4.78 is 10.6. The molecule has 2 atom stereocenters. The minimum absolute atomic E-state index is 0.0979. The van der Waals surface area contributed by atoms with E-state index in [4.69, 9.17) is 15.2 Å². The van der Waals surface area contributed by atoms with E-state index in [1.807, 2.05) is 31.2 Å². The summed E-state index contributed by atoms with van der Waals surface area (Å²) in [5.41, 5.74) is 8.44. The molecule has 0 saturated carbocycles. The lowest BCUT2D eigenvalue weighted by Gasteiger charge is -2.18. The highest BCUT2D eigenvalue weighted by Gasteiger charge is 2.31. The van der Waals surface area contributed by atoms with Crippen molar-refractivity contribution in [1.29, 1.82) is 0 Å². The first-order valence-electron chi connectivity index (χ1n) is 10.6. The van der Waals surface area contributed by atoms with Crippen molar-refractivity contribution in [2.24, 2.45) is 16.6 Å². The van der Waals surface area contributed by atoms with Gasteiger partial charge in [0.05, 0.1) is 30.9 Å². The number of rotatable bonds is 10. The monoisotopic (exact) mass is 451 g/mol. The van der Waals surface area contributed by atoms with Crippen LogP contribution in [0.2, 0.25) is 0 Å². The van der Waals surface area contributed by atoms with Gasteiger partial charge < -0.3 is 25.5 Å². The molecular formula is C24H29N5O4. The van der Waals surface area contributed by atoms with Gasteiger partial charge >= 0.3 is 0 Å². The minimum Gasteiger partial charge on any atom is -0.497 e. The third-order valence-electron chi connectivity index (χ3n) is 5.29. The lowest BCUT2D eigenvalue weighted by molar-refractivity contribution is -0.123. The summed E-state index contributed by atoms with van der Waals surface area (Å²) in [7, 11) is 3.09. The number of carbonyl (C=O) groups excluding carboxylic acids is 2. The topological polar surface area (TPSA) is 132 Å². The Labute approximate surface area is 192 Å². The molecule has 0 spiro atoms. The van der Waals surface area contributed by atoms with Crippen molar-refractivity contribution in [3.05, 3.63) is 48.3 Å². The zero-order valence-corrected chi connectivity index (χ0v) is 19.2. The summed E-state index contributed by atoms with van der Waals surface area (Å²) in [6.45, 7) is 3.64. The molecule has 0 fully saturated rings. The molecule has 1 aromatic heterocycles. The van der Waals surface area contributed by atoms with Crippen molar-refractivity contribution < 1.29 is 19.1 Å². The number of aromatic nitrogens is 2. The fourth-order valence-corrected chi connectivity index (χ4v) is 3.49. The minimum atomic E-state index is -0.887. The van der Waals surface area contributed by atoms with E-state index in [9.17, 15) is 9.59 Å². The number of carbonyl (C=O) groups is 2. The summed E-state index contributed by atoms with van der Waals surface area (Å²) in [5.74, 6) is 0.0643. The van der Waals surface area contributed by atoms with Gasteiger partial charge in [0, 0.05) is 37.6 Å². The van der Waals surface area contributed by atoms with E-state index in [1.54, 1.807) is 32.4 Å². The second-order valence-electron chi connectivity index (χ2n) is 7.75. The Morgan fingerprint density at radius 2 is 1.82 bits per heavy atom. The number of hydrogen-bond donors (Lipinski definition) is 3. The number of nitrogens with one attached hydrogen (secondary N) is 2. The third-order valence-corrected chi connectivity index (χ3v) is 5.29. The van der Waals surface area contributed by atoms with Gasteiger partial charge in [-0.2, -0.15) is 0 Å². The van der Waals surface area contributed by atoms with E-state index in [1.165, 1.54) is 6.92 Å². The average Bonchev–Trinajstić information content (AvgIpc) is 3.21. The first kappa shape index (κ1) is 23.8. The Hall–Kier alpha value is -3.88. The van der Waals surface area contributed by atoms with Crippen molar-refractivity contribution in [3.8, 4) is 11.5 Å². The van der Waals surface area contributed by atoms with E-state index >= 15 is 0 Å².